The Morgan fingerprint density at radius 3 is 2.62 bits per heavy atom. The maximum absolute atomic E-state index is 10.5. The minimum atomic E-state index is -0.272. The maximum atomic E-state index is 10.5. The summed E-state index contributed by atoms with van der Waals surface area (Å²) >= 11 is 0. The molecule has 2 atom stereocenters. The van der Waals surface area contributed by atoms with Gasteiger partial charge in [-0.05, 0) is 55.9 Å². The summed E-state index contributed by atoms with van der Waals surface area (Å²) in [5.41, 5.74) is 2.48. The first-order valence-corrected chi connectivity index (χ1v) is 9.82. The predicted molar refractivity (Wildman–Crippen MR) is 102 cm³/mol. The largest absolute Gasteiger partial charge is 0.490 e. The molecule has 0 bridgehead atoms. The molecule has 4 nitrogen and oxygen atoms in total. The van der Waals surface area contributed by atoms with Crippen molar-refractivity contribution in [2.75, 3.05) is 13.1 Å². The highest BCUT2D eigenvalue weighted by Crippen LogP contribution is 2.29. The number of aliphatic hydroxyl groups excluding tert-OH is 1. The van der Waals surface area contributed by atoms with Crippen LogP contribution in [0.4, 0.5) is 0 Å². The standard InChI is InChI=1S/C22H28N2O2/c25-21-16-24(15-19(21)13-17-9-11-23-12-10-17)14-18-5-1-4-8-22(18)26-20-6-2-3-7-20/h1,4-5,8-12,19-21,25H,2-3,6-7,13-16H2/t19-,21+/m1/s1. The second kappa shape index (κ2) is 8.19. The summed E-state index contributed by atoms with van der Waals surface area (Å²) in [6.07, 6.45) is 9.56. The van der Waals surface area contributed by atoms with E-state index in [1.165, 1.54) is 36.8 Å². The Balaban J connectivity index is 1.38. The summed E-state index contributed by atoms with van der Waals surface area (Å²) in [5.74, 6) is 1.30. The summed E-state index contributed by atoms with van der Waals surface area (Å²) in [4.78, 5) is 6.43. The van der Waals surface area contributed by atoms with Crippen molar-refractivity contribution >= 4 is 0 Å². The molecule has 2 heterocycles. The van der Waals surface area contributed by atoms with Crippen LogP contribution in [0.2, 0.25) is 0 Å². The van der Waals surface area contributed by atoms with Gasteiger partial charge in [-0.2, -0.15) is 0 Å². The summed E-state index contributed by atoms with van der Waals surface area (Å²) < 4.78 is 6.27. The highest BCUT2D eigenvalue weighted by molar-refractivity contribution is 5.33. The van der Waals surface area contributed by atoms with E-state index in [2.05, 4.69) is 34.1 Å². The minimum Gasteiger partial charge on any atom is -0.490 e. The average molecular weight is 352 g/mol. The molecule has 0 unspecified atom stereocenters. The maximum Gasteiger partial charge on any atom is 0.124 e. The van der Waals surface area contributed by atoms with Crippen LogP contribution in [0, 0.1) is 5.92 Å². The number of β-amino-alcohol motifs (C(OH)–C–C–N with tert-alkyl or cyclic N) is 1. The summed E-state index contributed by atoms with van der Waals surface area (Å²) in [6, 6.07) is 12.5. The van der Waals surface area contributed by atoms with Gasteiger partial charge in [-0.3, -0.25) is 9.88 Å². The van der Waals surface area contributed by atoms with Crippen LogP contribution in [0.1, 0.15) is 36.8 Å². The number of rotatable bonds is 6. The van der Waals surface area contributed by atoms with Gasteiger partial charge in [0.2, 0.25) is 0 Å². The van der Waals surface area contributed by atoms with Crippen LogP contribution in [-0.2, 0) is 13.0 Å². The lowest BCUT2D eigenvalue weighted by atomic mass is 9.97. The van der Waals surface area contributed by atoms with Gasteiger partial charge in [0, 0.05) is 43.5 Å². The van der Waals surface area contributed by atoms with Gasteiger partial charge in [-0.25, -0.2) is 0 Å². The monoisotopic (exact) mass is 352 g/mol. The fourth-order valence-electron chi connectivity index (χ4n) is 4.27. The van der Waals surface area contributed by atoms with Gasteiger partial charge in [0.1, 0.15) is 5.75 Å². The molecule has 1 N–H and O–H groups in total. The van der Waals surface area contributed by atoms with Crippen molar-refractivity contribution in [1.29, 1.82) is 0 Å². The van der Waals surface area contributed by atoms with Crippen LogP contribution in [0.15, 0.2) is 48.8 Å². The van der Waals surface area contributed by atoms with E-state index in [1.807, 2.05) is 24.5 Å². The number of ether oxygens (including phenoxy) is 1. The van der Waals surface area contributed by atoms with Gasteiger partial charge in [-0.15, -0.1) is 0 Å². The third kappa shape index (κ3) is 4.25. The zero-order chi connectivity index (χ0) is 17.8. The smallest absolute Gasteiger partial charge is 0.124 e. The van der Waals surface area contributed by atoms with Crippen molar-refractivity contribution in [3.63, 3.8) is 0 Å². The molecular formula is C22H28N2O2. The number of aliphatic hydroxyl groups is 1. The summed E-state index contributed by atoms with van der Waals surface area (Å²) in [6.45, 7) is 2.49. The molecular weight excluding hydrogens is 324 g/mol. The van der Waals surface area contributed by atoms with E-state index in [0.717, 1.165) is 31.8 Å². The Morgan fingerprint density at radius 2 is 1.81 bits per heavy atom. The highest BCUT2D eigenvalue weighted by atomic mass is 16.5. The molecule has 26 heavy (non-hydrogen) atoms. The fraction of sp³-hybridized carbons (Fsp3) is 0.500. The predicted octanol–water partition coefficient (Wildman–Crippen LogP) is 3.44. The highest BCUT2D eigenvalue weighted by Gasteiger charge is 2.31. The second-order valence-electron chi connectivity index (χ2n) is 7.71. The molecule has 1 saturated carbocycles. The van der Waals surface area contributed by atoms with E-state index in [1.54, 1.807) is 0 Å². The van der Waals surface area contributed by atoms with Crippen molar-refractivity contribution in [3.8, 4) is 5.75 Å². The van der Waals surface area contributed by atoms with Gasteiger partial charge in [-0.1, -0.05) is 18.2 Å². The van der Waals surface area contributed by atoms with Gasteiger partial charge in [0.25, 0.3) is 0 Å². The summed E-state index contributed by atoms with van der Waals surface area (Å²) in [7, 11) is 0. The molecule has 2 aliphatic rings. The molecule has 138 valence electrons. The first-order valence-electron chi connectivity index (χ1n) is 9.82. The molecule has 1 aromatic carbocycles. The zero-order valence-corrected chi connectivity index (χ0v) is 15.3. The SMILES string of the molecule is O[C@H]1CN(Cc2ccccc2OC2CCCC2)C[C@H]1Cc1ccncc1. The first kappa shape index (κ1) is 17.5. The van der Waals surface area contributed by atoms with Crippen LogP contribution < -0.4 is 4.74 Å². The van der Waals surface area contributed by atoms with Crippen LogP contribution >= 0.6 is 0 Å². The van der Waals surface area contributed by atoms with E-state index >= 15 is 0 Å². The lowest BCUT2D eigenvalue weighted by Crippen LogP contribution is -2.22. The van der Waals surface area contributed by atoms with Gasteiger partial charge >= 0.3 is 0 Å². The zero-order valence-electron chi connectivity index (χ0n) is 15.3. The Kier molecular flexibility index (Phi) is 5.51. The van der Waals surface area contributed by atoms with Gasteiger partial charge in [0.15, 0.2) is 0 Å². The number of aromatic nitrogens is 1. The molecule has 0 radical (unpaired) electrons. The number of hydrogen-bond donors (Lipinski definition) is 1. The van der Waals surface area contributed by atoms with Crippen molar-refractivity contribution in [3.05, 3.63) is 59.9 Å². The molecule has 0 spiro atoms. The van der Waals surface area contributed by atoms with Crippen LogP contribution in [0.5, 0.6) is 5.75 Å². The minimum absolute atomic E-state index is 0.272. The van der Waals surface area contributed by atoms with Crippen LogP contribution in [0.25, 0.3) is 0 Å². The molecule has 2 aromatic rings. The van der Waals surface area contributed by atoms with Crippen molar-refractivity contribution in [2.24, 2.45) is 5.92 Å². The number of para-hydroxylation sites is 1. The number of nitrogens with zero attached hydrogens (tertiary/aromatic N) is 2. The molecule has 1 saturated heterocycles. The quantitative estimate of drug-likeness (QED) is 0.865. The fourth-order valence-corrected chi connectivity index (χ4v) is 4.27. The van der Waals surface area contributed by atoms with Gasteiger partial charge < -0.3 is 9.84 Å². The molecule has 1 aliphatic heterocycles. The van der Waals surface area contributed by atoms with Crippen molar-refractivity contribution < 1.29 is 9.84 Å². The number of pyridine rings is 1. The van der Waals surface area contributed by atoms with E-state index in [4.69, 9.17) is 4.74 Å². The van der Waals surface area contributed by atoms with E-state index in [-0.39, 0.29) is 12.0 Å². The average Bonchev–Trinajstić information content (AvgIpc) is 3.28. The molecule has 2 fully saturated rings. The third-order valence-electron chi connectivity index (χ3n) is 5.69. The normalized spacial score (nSPS) is 24.2. The Labute approximate surface area is 155 Å². The van der Waals surface area contributed by atoms with Crippen molar-refractivity contribution in [2.45, 2.75) is 50.9 Å². The number of benzene rings is 1. The van der Waals surface area contributed by atoms with Gasteiger partial charge in [0.05, 0.1) is 12.2 Å². The lowest BCUT2D eigenvalue weighted by molar-refractivity contribution is 0.140. The topological polar surface area (TPSA) is 45.6 Å². The molecule has 1 aromatic heterocycles. The number of likely N-dealkylation sites (tertiary alicyclic amines) is 1. The van der Waals surface area contributed by atoms with Crippen molar-refractivity contribution in [1.82, 2.24) is 9.88 Å². The van der Waals surface area contributed by atoms with Crippen LogP contribution in [-0.4, -0.2) is 40.3 Å². The first-order chi connectivity index (χ1) is 12.8. The lowest BCUT2D eigenvalue weighted by Gasteiger charge is -2.20. The van der Waals surface area contributed by atoms with E-state index in [9.17, 15) is 5.11 Å². The third-order valence-corrected chi connectivity index (χ3v) is 5.69. The number of hydrogen-bond acceptors (Lipinski definition) is 4. The Morgan fingerprint density at radius 1 is 1.04 bits per heavy atom. The second-order valence-corrected chi connectivity index (χ2v) is 7.71. The Hall–Kier alpha value is -1.91. The Bertz CT molecular complexity index is 700. The molecule has 0 amide bonds. The van der Waals surface area contributed by atoms with E-state index < -0.39 is 0 Å². The molecule has 4 heteroatoms. The van der Waals surface area contributed by atoms with E-state index in [0.29, 0.717) is 6.10 Å². The van der Waals surface area contributed by atoms with Crippen LogP contribution in [0.3, 0.4) is 0 Å². The summed E-state index contributed by atoms with van der Waals surface area (Å²) in [5, 5.41) is 10.5. The molecule has 4 rings (SSSR count). The molecule has 1 aliphatic carbocycles.